The van der Waals surface area contributed by atoms with Crippen LogP contribution in [0.5, 0.6) is 23.1 Å². The number of aromatic nitrogens is 2. The topological polar surface area (TPSA) is 95.0 Å². The summed E-state index contributed by atoms with van der Waals surface area (Å²) in [6.07, 6.45) is 0.403. The third-order valence-electron chi connectivity index (χ3n) is 5.76. The Kier molecular flexibility index (Phi) is 10.2. The Hall–Kier alpha value is -3.20. The van der Waals surface area contributed by atoms with Crippen molar-refractivity contribution < 1.29 is 24.1 Å². The average Bonchev–Trinajstić information content (AvgIpc) is 2.85. The number of hydrogen-bond donors (Lipinski definition) is 2. The number of fused-ring (bicyclic) bond motifs is 2. The van der Waals surface area contributed by atoms with E-state index in [-0.39, 0.29) is 37.3 Å². The summed E-state index contributed by atoms with van der Waals surface area (Å²) in [6, 6.07) is 11.6. The lowest BCUT2D eigenvalue weighted by molar-refractivity contribution is 0.182. The second kappa shape index (κ2) is 12.7. The fraction of sp³-hybridized carbons (Fsp3) is 0.308. The molecule has 8 nitrogen and oxygen atoms in total. The van der Waals surface area contributed by atoms with Gasteiger partial charge in [-0.25, -0.2) is 9.97 Å². The van der Waals surface area contributed by atoms with Gasteiger partial charge in [0.1, 0.15) is 11.6 Å². The highest BCUT2D eigenvalue weighted by atomic mass is 35.5. The van der Waals surface area contributed by atoms with Crippen LogP contribution in [-0.2, 0) is 17.8 Å². The van der Waals surface area contributed by atoms with Crippen molar-refractivity contribution in [2.45, 2.75) is 20.0 Å². The lowest BCUT2D eigenvalue weighted by Crippen LogP contribution is -2.06. The van der Waals surface area contributed by atoms with E-state index in [4.69, 9.17) is 23.9 Å². The summed E-state index contributed by atoms with van der Waals surface area (Å²) in [5.74, 6) is 2.61. The molecule has 0 radical (unpaired) electrons. The summed E-state index contributed by atoms with van der Waals surface area (Å²) >= 11 is 0. The van der Waals surface area contributed by atoms with Gasteiger partial charge in [0.15, 0.2) is 11.5 Å². The summed E-state index contributed by atoms with van der Waals surface area (Å²) in [4.78, 5) is 9.28. The first-order valence-electron chi connectivity index (χ1n) is 11.0. The number of nitrogens with zero attached hydrogens (tertiary/aromatic N) is 2. The maximum atomic E-state index is 11.0. The molecule has 0 unspecified atom stereocenters. The van der Waals surface area contributed by atoms with E-state index in [2.05, 4.69) is 16.4 Å². The molecule has 0 saturated carbocycles. The molecule has 10 heteroatoms. The van der Waals surface area contributed by atoms with E-state index in [9.17, 15) is 5.11 Å². The van der Waals surface area contributed by atoms with Gasteiger partial charge >= 0.3 is 0 Å². The second-order valence-electron chi connectivity index (χ2n) is 7.81. The number of hydrogen-bond acceptors (Lipinski definition) is 8. The molecule has 0 fully saturated rings. The van der Waals surface area contributed by atoms with Crippen molar-refractivity contribution in [2.24, 2.45) is 0 Å². The third-order valence-corrected chi connectivity index (χ3v) is 5.76. The molecular weight excluding hydrogens is 505 g/mol. The smallest absolute Gasteiger partial charge is 0.215 e. The van der Waals surface area contributed by atoms with Gasteiger partial charge in [-0.2, -0.15) is 0 Å². The first-order valence-corrected chi connectivity index (χ1v) is 11.0. The summed E-state index contributed by atoms with van der Waals surface area (Å²) < 4.78 is 21.7. The molecule has 0 aliphatic rings. The Bertz CT molecular complexity index is 1350. The van der Waals surface area contributed by atoms with Crippen LogP contribution in [0, 0.1) is 0 Å². The number of pyridine rings is 2. The quantitative estimate of drug-likeness (QED) is 0.289. The van der Waals surface area contributed by atoms with Crippen LogP contribution in [0.15, 0.2) is 36.4 Å². The normalized spacial score (nSPS) is 10.5. The maximum absolute atomic E-state index is 11.0. The minimum Gasteiger partial charge on any atom is -0.497 e. The molecule has 36 heavy (non-hydrogen) atoms. The largest absolute Gasteiger partial charge is 0.497 e. The molecule has 0 aliphatic heterocycles. The van der Waals surface area contributed by atoms with Gasteiger partial charge in [-0.15, -0.1) is 24.8 Å². The monoisotopic (exact) mass is 535 g/mol. The number of anilines is 1. The molecule has 0 bridgehead atoms. The zero-order valence-corrected chi connectivity index (χ0v) is 22.5. The number of methoxy groups -OCH3 is 4. The zero-order chi connectivity index (χ0) is 24.2. The molecule has 2 aromatic heterocycles. The zero-order valence-electron chi connectivity index (χ0n) is 20.9. The van der Waals surface area contributed by atoms with Crippen LogP contribution < -0.4 is 19.5 Å². The molecule has 0 amide bonds. The molecule has 194 valence electrons. The Balaban J connectivity index is 0.00000228. The van der Waals surface area contributed by atoms with E-state index in [1.807, 2.05) is 37.3 Å². The van der Waals surface area contributed by atoms with Crippen LogP contribution >= 0.6 is 24.8 Å². The molecule has 0 spiro atoms. The minimum atomic E-state index is -0.0556. The summed E-state index contributed by atoms with van der Waals surface area (Å²) in [6.45, 7) is 2.99. The van der Waals surface area contributed by atoms with Gasteiger partial charge < -0.3 is 29.4 Å². The van der Waals surface area contributed by atoms with Crippen molar-refractivity contribution in [1.82, 2.24) is 9.97 Å². The van der Waals surface area contributed by atoms with Crippen LogP contribution in [-0.4, -0.2) is 50.1 Å². The SMILES string of the molecule is CCNc1nc2ccc(OC)cc2cc1Cc1c(O)nc(COC)c2cc(OC)c(OC)cc12.Cl.Cl. The Labute approximate surface area is 222 Å². The lowest BCUT2D eigenvalue weighted by Gasteiger charge is -2.17. The lowest BCUT2D eigenvalue weighted by atomic mass is 9.97. The summed E-state index contributed by atoms with van der Waals surface area (Å²) in [5, 5.41) is 16.9. The third kappa shape index (κ3) is 5.61. The van der Waals surface area contributed by atoms with Crippen LogP contribution in [0.3, 0.4) is 0 Å². The highest BCUT2D eigenvalue weighted by Gasteiger charge is 2.19. The van der Waals surface area contributed by atoms with Crippen molar-refractivity contribution in [2.75, 3.05) is 40.3 Å². The molecule has 2 N–H and O–H groups in total. The number of aromatic hydroxyl groups is 1. The highest BCUT2D eigenvalue weighted by molar-refractivity contribution is 5.92. The van der Waals surface area contributed by atoms with Crippen molar-refractivity contribution in [1.29, 1.82) is 0 Å². The molecule has 0 aliphatic carbocycles. The number of nitrogens with one attached hydrogen (secondary N) is 1. The van der Waals surface area contributed by atoms with Crippen molar-refractivity contribution in [3.05, 3.63) is 53.2 Å². The average molecular weight is 536 g/mol. The van der Waals surface area contributed by atoms with Crippen molar-refractivity contribution in [3.8, 4) is 23.1 Å². The van der Waals surface area contributed by atoms with Crippen molar-refractivity contribution in [3.63, 3.8) is 0 Å². The second-order valence-corrected chi connectivity index (χ2v) is 7.81. The number of benzene rings is 2. The minimum absolute atomic E-state index is 0. The number of halogens is 2. The number of ether oxygens (including phenoxy) is 4. The van der Waals surface area contributed by atoms with Gasteiger partial charge in [-0.3, -0.25) is 0 Å². The van der Waals surface area contributed by atoms with E-state index in [1.54, 1.807) is 28.4 Å². The van der Waals surface area contributed by atoms with E-state index >= 15 is 0 Å². The van der Waals surface area contributed by atoms with Gasteiger partial charge in [0, 0.05) is 36.4 Å². The van der Waals surface area contributed by atoms with Gasteiger partial charge in [0.2, 0.25) is 5.88 Å². The molecule has 2 aromatic carbocycles. The summed E-state index contributed by atoms with van der Waals surface area (Å²) in [5.41, 5.74) is 3.07. The van der Waals surface area contributed by atoms with E-state index in [1.165, 1.54) is 0 Å². The molecule has 2 heterocycles. The predicted octanol–water partition coefficient (Wildman–Crippen LogP) is 5.53. The Morgan fingerprint density at radius 2 is 1.56 bits per heavy atom. The summed E-state index contributed by atoms with van der Waals surface area (Å²) in [7, 11) is 6.41. The van der Waals surface area contributed by atoms with Crippen LogP contribution in [0.2, 0.25) is 0 Å². The van der Waals surface area contributed by atoms with E-state index < -0.39 is 0 Å². The molecule has 4 aromatic rings. The van der Waals surface area contributed by atoms with Crippen molar-refractivity contribution >= 4 is 52.3 Å². The predicted molar refractivity (Wildman–Crippen MR) is 147 cm³/mol. The van der Waals surface area contributed by atoms with Gasteiger partial charge in [0.05, 0.1) is 39.1 Å². The van der Waals surface area contributed by atoms with E-state index in [0.29, 0.717) is 35.7 Å². The van der Waals surface area contributed by atoms with Gasteiger partial charge in [-0.05, 0) is 54.3 Å². The van der Waals surface area contributed by atoms with Gasteiger partial charge in [0.25, 0.3) is 0 Å². The molecule has 4 rings (SSSR count). The number of rotatable bonds is 9. The van der Waals surface area contributed by atoms with Crippen LogP contribution in [0.1, 0.15) is 23.7 Å². The fourth-order valence-corrected chi connectivity index (χ4v) is 4.14. The van der Waals surface area contributed by atoms with Gasteiger partial charge in [-0.1, -0.05) is 0 Å². The fourth-order valence-electron chi connectivity index (χ4n) is 4.14. The molecule has 0 atom stereocenters. The molecular formula is C26H31Cl2N3O5. The van der Waals surface area contributed by atoms with E-state index in [0.717, 1.165) is 38.8 Å². The first kappa shape index (κ1) is 29.0. The van der Waals surface area contributed by atoms with Crippen LogP contribution in [0.25, 0.3) is 21.7 Å². The maximum Gasteiger partial charge on any atom is 0.215 e. The first-order chi connectivity index (χ1) is 16.5. The standard InChI is InChI=1S/C26H29N3O5.2ClH/c1-6-27-25-16(9-15-10-17(32-3)7-8-21(15)28-25)11-20-18-12-23(33-4)24(34-5)13-19(18)22(14-31-2)29-26(20)30;;/h7-10,12-13H,6,11,14H2,1-5H3,(H,27,28)(H,29,30);2*1H. The highest BCUT2D eigenvalue weighted by Crippen LogP contribution is 2.39. The van der Waals surface area contributed by atoms with Crippen LogP contribution in [0.4, 0.5) is 5.82 Å². The Morgan fingerprint density at radius 3 is 2.17 bits per heavy atom. The Morgan fingerprint density at radius 1 is 0.861 bits per heavy atom. The molecule has 0 saturated heterocycles.